The van der Waals surface area contributed by atoms with Gasteiger partial charge in [0.05, 0.1) is 5.69 Å². The lowest BCUT2D eigenvalue weighted by Gasteiger charge is -2.06. The van der Waals surface area contributed by atoms with Crippen LogP contribution in [0.5, 0.6) is 11.8 Å². The first-order valence-corrected chi connectivity index (χ1v) is 6.14. The second-order valence-electron chi connectivity index (χ2n) is 4.12. The fourth-order valence-corrected chi connectivity index (χ4v) is 1.79. The number of hydrogen-bond acceptors (Lipinski definition) is 3. The van der Waals surface area contributed by atoms with E-state index in [0.29, 0.717) is 0 Å². The number of rotatable bonds is 3. The van der Waals surface area contributed by atoms with Gasteiger partial charge in [0.2, 0.25) is 0 Å². The van der Waals surface area contributed by atoms with Crippen LogP contribution >= 0.6 is 0 Å². The fourth-order valence-electron chi connectivity index (χ4n) is 1.79. The van der Waals surface area contributed by atoms with E-state index >= 15 is 0 Å². The molecule has 0 saturated heterocycles. The van der Waals surface area contributed by atoms with Crippen molar-refractivity contribution in [2.45, 2.75) is 0 Å². The molecule has 0 radical (unpaired) electrons. The van der Waals surface area contributed by atoms with Crippen LogP contribution in [0.2, 0.25) is 0 Å². The molecule has 0 saturated carbocycles. The van der Waals surface area contributed by atoms with Gasteiger partial charge in [0.1, 0.15) is 0 Å². The summed E-state index contributed by atoms with van der Waals surface area (Å²) in [4.78, 5) is 8.28. The number of nitrogens with zero attached hydrogens (tertiary/aromatic N) is 2. The van der Waals surface area contributed by atoms with Crippen LogP contribution < -0.4 is 4.74 Å². The summed E-state index contributed by atoms with van der Waals surface area (Å²) in [5.74, 6) is -0.334. The molecule has 98 valence electrons. The summed E-state index contributed by atoms with van der Waals surface area (Å²) in [5.41, 5.74) is 1.68. The van der Waals surface area contributed by atoms with Gasteiger partial charge in [-0.1, -0.05) is 42.5 Å². The molecule has 0 N–H and O–H groups in total. The van der Waals surface area contributed by atoms with Crippen molar-refractivity contribution in [3.8, 4) is 23.0 Å². The van der Waals surface area contributed by atoms with E-state index in [0.717, 1.165) is 11.3 Å². The Kier molecular flexibility index (Phi) is 3.37. The third-order valence-electron chi connectivity index (χ3n) is 2.74. The zero-order chi connectivity index (χ0) is 13.8. The third-order valence-corrected chi connectivity index (χ3v) is 2.74. The van der Waals surface area contributed by atoms with Crippen molar-refractivity contribution >= 4 is 0 Å². The van der Waals surface area contributed by atoms with Crippen LogP contribution in [0.3, 0.4) is 0 Å². The lowest BCUT2D eigenvalue weighted by molar-refractivity contribution is 0.411. The van der Waals surface area contributed by atoms with Crippen LogP contribution in [0.15, 0.2) is 66.9 Å². The van der Waals surface area contributed by atoms with Crippen LogP contribution in [0.4, 0.5) is 4.39 Å². The minimum atomic E-state index is -0.443. The summed E-state index contributed by atoms with van der Waals surface area (Å²) >= 11 is 0. The van der Waals surface area contributed by atoms with Crippen LogP contribution in [-0.2, 0) is 0 Å². The smallest absolute Gasteiger partial charge is 0.322 e. The monoisotopic (exact) mass is 266 g/mol. The molecular formula is C16H11FN2O. The molecule has 3 aromatic rings. The Morgan fingerprint density at radius 2 is 1.60 bits per heavy atom. The molecule has 2 aromatic carbocycles. The first-order chi connectivity index (χ1) is 9.83. The zero-order valence-corrected chi connectivity index (χ0v) is 10.5. The highest BCUT2D eigenvalue weighted by molar-refractivity contribution is 5.58. The van der Waals surface area contributed by atoms with Crippen molar-refractivity contribution < 1.29 is 9.13 Å². The molecule has 3 nitrogen and oxygen atoms in total. The number of hydrogen-bond donors (Lipinski definition) is 0. The maximum Gasteiger partial charge on any atom is 0.322 e. The fraction of sp³-hybridized carbons (Fsp3) is 0. The standard InChI is InChI=1S/C16H11FN2O/c17-13-8-4-5-9-15(13)20-16-18-11-10-14(19-16)12-6-2-1-3-7-12/h1-11H. The van der Waals surface area contributed by atoms with E-state index in [1.807, 2.05) is 30.3 Å². The Balaban J connectivity index is 1.91. The maximum atomic E-state index is 13.5. The van der Waals surface area contributed by atoms with E-state index in [4.69, 9.17) is 4.74 Å². The lowest BCUT2D eigenvalue weighted by Crippen LogP contribution is -1.94. The van der Waals surface area contributed by atoms with Gasteiger partial charge in [-0.25, -0.2) is 9.37 Å². The minimum Gasteiger partial charge on any atom is -0.421 e. The highest BCUT2D eigenvalue weighted by Crippen LogP contribution is 2.23. The van der Waals surface area contributed by atoms with Gasteiger partial charge < -0.3 is 4.74 Å². The molecule has 0 fully saturated rings. The van der Waals surface area contributed by atoms with E-state index in [2.05, 4.69) is 9.97 Å². The van der Waals surface area contributed by atoms with Gasteiger partial charge in [-0.15, -0.1) is 0 Å². The Morgan fingerprint density at radius 3 is 2.40 bits per heavy atom. The van der Waals surface area contributed by atoms with Gasteiger partial charge in [-0.2, -0.15) is 4.98 Å². The van der Waals surface area contributed by atoms with E-state index in [1.165, 1.54) is 12.1 Å². The average molecular weight is 266 g/mol. The molecule has 0 unspecified atom stereocenters. The number of para-hydroxylation sites is 1. The van der Waals surface area contributed by atoms with Crippen LogP contribution in [-0.4, -0.2) is 9.97 Å². The highest BCUT2D eigenvalue weighted by atomic mass is 19.1. The summed E-state index contributed by atoms with van der Waals surface area (Å²) in [5, 5.41) is 0. The third kappa shape index (κ3) is 2.64. The molecule has 0 atom stereocenters. The molecule has 0 aliphatic carbocycles. The summed E-state index contributed by atoms with van der Waals surface area (Å²) in [6, 6.07) is 17.7. The van der Waals surface area contributed by atoms with Crippen molar-refractivity contribution in [2.24, 2.45) is 0 Å². The van der Waals surface area contributed by atoms with Gasteiger partial charge in [-0.3, -0.25) is 0 Å². The van der Waals surface area contributed by atoms with Gasteiger partial charge in [0.25, 0.3) is 0 Å². The summed E-state index contributed by atoms with van der Waals surface area (Å²) in [6.07, 6.45) is 1.59. The Morgan fingerprint density at radius 1 is 0.850 bits per heavy atom. The number of aromatic nitrogens is 2. The highest BCUT2D eigenvalue weighted by Gasteiger charge is 2.07. The van der Waals surface area contributed by atoms with Crippen LogP contribution in [0, 0.1) is 5.82 Å². The predicted octanol–water partition coefficient (Wildman–Crippen LogP) is 4.08. The summed E-state index contributed by atoms with van der Waals surface area (Å²) in [7, 11) is 0. The molecule has 20 heavy (non-hydrogen) atoms. The molecule has 0 bridgehead atoms. The first kappa shape index (κ1) is 12.3. The minimum absolute atomic E-state index is 0.109. The van der Waals surface area contributed by atoms with Crippen LogP contribution in [0.25, 0.3) is 11.3 Å². The molecule has 0 aliphatic heterocycles. The molecule has 0 spiro atoms. The Bertz CT molecular complexity index is 716. The Hall–Kier alpha value is -2.75. The van der Waals surface area contributed by atoms with Gasteiger partial charge in [-0.05, 0) is 18.2 Å². The number of ether oxygens (including phenoxy) is 1. The van der Waals surface area contributed by atoms with E-state index in [-0.39, 0.29) is 11.8 Å². The topological polar surface area (TPSA) is 35.0 Å². The van der Waals surface area contributed by atoms with Gasteiger partial charge >= 0.3 is 6.01 Å². The number of benzene rings is 2. The second-order valence-corrected chi connectivity index (χ2v) is 4.12. The lowest BCUT2D eigenvalue weighted by atomic mass is 10.1. The summed E-state index contributed by atoms with van der Waals surface area (Å²) in [6.45, 7) is 0. The predicted molar refractivity (Wildman–Crippen MR) is 73.9 cm³/mol. The van der Waals surface area contributed by atoms with E-state index in [1.54, 1.807) is 24.4 Å². The van der Waals surface area contributed by atoms with Crippen molar-refractivity contribution in [1.29, 1.82) is 0 Å². The van der Waals surface area contributed by atoms with E-state index < -0.39 is 5.82 Å². The van der Waals surface area contributed by atoms with Crippen molar-refractivity contribution in [1.82, 2.24) is 9.97 Å². The van der Waals surface area contributed by atoms with E-state index in [9.17, 15) is 4.39 Å². The zero-order valence-electron chi connectivity index (χ0n) is 10.5. The van der Waals surface area contributed by atoms with Crippen LogP contribution in [0.1, 0.15) is 0 Å². The van der Waals surface area contributed by atoms with Crippen molar-refractivity contribution in [3.05, 3.63) is 72.7 Å². The molecule has 0 aliphatic rings. The van der Waals surface area contributed by atoms with Crippen molar-refractivity contribution in [2.75, 3.05) is 0 Å². The van der Waals surface area contributed by atoms with Crippen molar-refractivity contribution in [3.63, 3.8) is 0 Å². The quantitative estimate of drug-likeness (QED) is 0.716. The molecule has 1 aromatic heterocycles. The second kappa shape index (κ2) is 5.48. The SMILES string of the molecule is Fc1ccccc1Oc1nccc(-c2ccccc2)n1. The molecule has 3 rings (SSSR count). The Labute approximate surface area is 115 Å². The normalized spacial score (nSPS) is 10.2. The largest absolute Gasteiger partial charge is 0.421 e. The first-order valence-electron chi connectivity index (χ1n) is 6.14. The molecule has 1 heterocycles. The average Bonchev–Trinajstić information content (AvgIpc) is 2.51. The summed E-state index contributed by atoms with van der Waals surface area (Å²) < 4.78 is 18.9. The maximum absolute atomic E-state index is 13.5. The molecular weight excluding hydrogens is 255 g/mol. The number of halogens is 1. The van der Waals surface area contributed by atoms with Gasteiger partial charge in [0.15, 0.2) is 11.6 Å². The van der Waals surface area contributed by atoms with Gasteiger partial charge in [0, 0.05) is 11.8 Å². The molecule has 4 heteroatoms. The molecule has 0 amide bonds.